The standard InChI is InChI=1S/C29H30O2Si/c1-32(2,3)31-29(26-20-12-6-13-21-26,27-22-14-7-15-23-27)28(30,24-16-8-4-9-17-24)25-18-10-5-11-19-25/h4-23,30H,1-3H3. The summed E-state index contributed by atoms with van der Waals surface area (Å²) in [6.07, 6.45) is 0. The molecule has 0 amide bonds. The van der Waals surface area contributed by atoms with Gasteiger partial charge in [-0.25, -0.2) is 0 Å². The van der Waals surface area contributed by atoms with Crippen LogP contribution in [0.3, 0.4) is 0 Å². The molecule has 0 radical (unpaired) electrons. The summed E-state index contributed by atoms with van der Waals surface area (Å²) in [5.41, 5.74) is 0.795. The van der Waals surface area contributed by atoms with Crippen LogP contribution in [-0.2, 0) is 15.6 Å². The Balaban J connectivity index is 2.18. The number of aliphatic hydroxyl groups is 1. The largest absolute Gasteiger partial charge is 0.401 e. The molecule has 0 aliphatic rings. The fourth-order valence-corrected chi connectivity index (χ4v) is 5.82. The van der Waals surface area contributed by atoms with Crippen LogP contribution in [0.5, 0.6) is 0 Å². The Bertz CT molecular complexity index is 1040. The Hall–Kier alpha value is -2.98. The SMILES string of the molecule is C[Si](C)(C)OC(c1ccccc1)(c1ccccc1)C(O)(c1ccccc1)c1ccccc1. The average molecular weight is 439 g/mol. The van der Waals surface area contributed by atoms with Crippen LogP contribution in [0, 0.1) is 0 Å². The molecule has 0 bridgehead atoms. The van der Waals surface area contributed by atoms with Crippen LogP contribution in [0.4, 0.5) is 0 Å². The molecule has 1 N–H and O–H groups in total. The molecule has 0 heterocycles. The fraction of sp³-hybridized carbons (Fsp3) is 0.172. The van der Waals surface area contributed by atoms with Crippen molar-refractivity contribution >= 4 is 8.32 Å². The number of hydrogen-bond acceptors (Lipinski definition) is 2. The Morgan fingerprint density at radius 2 is 0.781 bits per heavy atom. The van der Waals surface area contributed by atoms with Crippen molar-refractivity contribution in [1.29, 1.82) is 0 Å². The van der Waals surface area contributed by atoms with E-state index in [0.717, 1.165) is 22.3 Å². The van der Waals surface area contributed by atoms with Crippen LogP contribution >= 0.6 is 0 Å². The van der Waals surface area contributed by atoms with E-state index in [1.165, 1.54) is 0 Å². The van der Waals surface area contributed by atoms with Crippen molar-refractivity contribution in [2.24, 2.45) is 0 Å². The highest BCUT2D eigenvalue weighted by Crippen LogP contribution is 2.53. The fourth-order valence-electron chi connectivity index (χ4n) is 4.51. The van der Waals surface area contributed by atoms with Crippen molar-refractivity contribution < 1.29 is 9.53 Å². The molecule has 0 aromatic heterocycles. The lowest BCUT2D eigenvalue weighted by molar-refractivity contribution is -0.101. The Morgan fingerprint density at radius 1 is 0.500 bits per heavy atom. The van der Waals surface area contributed by atoms with Gasteiger partial charge in [0.1, 0.15) is 5.60 Å². The highest BCUT2D eigenvalue weighted by Gasteiger charge is 2.57. The molecule has 0 unspecified atom stereocenters. The van der Waals surface area contributed by atoms with Gasteiger partial charge in [-0.3, -0.25) is 0 Å². The minimum atomic E-state index is -2.19. The molecule has 162 valence electrons. The highest BCUT2D eigenvalue weighted by molar-refractivity contribution is 6.69. The molecule has 0 saturated heterocycles. The van der Waals surface area contributed by atoms with Gasteiger partial charge in [0, 0.05) is 0 Å². The third-order valence-corrected chi connectivity index (χ3v) is 6.63. The van der Waals surface area contributed by atoms with Crippen LogP contribution in [-0.4, -0.2) is 13.4 Å². The van der Waals surface area contributed by atoms with Crippen molar-refractivity contribution in [3.8, 4) is 0 Å². The van der Waals surface area contributed by atoms with E-state index in [-0.39, 0.29) is 0 Å². The van der Waals surface area contributed by atoms with Crippen LogP contribution in [0.2, 0.25) is 19.6 Å². The molecule has 32 heavy (non-hydrogen) atoms. The molecule has 4 aromatic rings. The quantitative estimate of drug-likeness (QED) is 0.325. The maximum absolute atomic E-state index is 13.0. The summed E-state index contributed by atoms with van der Waals surface area (Å²) in [5.74, 6) is 0. The Morgan fingerprint density at radius 3 is 1.06 bits per heavy atom. The molecule has 4 rings (SSSR count). The van der Waals surface area contributed by atoms with Gasteiger partial charge in [-0.15, -0.1) is 0 Å². The first kappa shape index (κ1) is 22.2. The van der Waals surface area contributed by atoms with Crippen molar-refractivity contribution in [2.75, 3.05) is 0 Å². The predicted octanol–water partition coefficient (Wildman–Crippen LogP) is 6.72. The van der Waals surface area contributed by atoms with Crippen molar-refractivity contribution in [1.82, 2.24) is 0 Å². The molecule has 0 saturated carbocycles. The monoisotopic (exact) mass is 438 g/mol. The Kier molecular flexibility index (Phi) is 6.16. The predicted molar refractivity (Wildman–Crippen MR) is 134 cm³/mol. The molecule has 0 spiro atoms. The van der Waals surface area contributed by atoms with E-state index in [1.54, 1.807) is 0 Å². The lowest BCUT2D eigenvalue weighted by atomic mass is 9.66. The Labute approximate surface area is 192 Å². The van der Waals surface area contributed by atoms with Crippen molar-refractivity contribution in [3.63, 3.8) is 0 Å². The number of hydrogen-bond donors (Lipinski definition) is 1. The van der Waals surface area contributed by atoms with E-state index < -0.39 is 19.5 Å². The molecule has 3 heteroatoms. The summed E-state index contributed by atoms with van der Waals surface area (Å²) in [5, 5.41) is 13.0. The van der Waals surface area contributed by atoms with Gasteiger partial charge in [-0.2, -0.15) is 0 Å². The van der Waals surface area contributed by atoms with Crippen LogP contribution in [0.1, 0.15) is 22.3 Å². The summed E-state index contributed by atoms with van der Waals surface area (Å²) < 4.78 is 7.16. The topological polar surface area (TPSA) is 29.5 Å². The molecule has 0 aliphatic carbocycles. The molecule has 4 aromatic carbocycles. The third kappa shape index (κ3) is 3.95. The maximum atomic E-state index is 13.0. The molecule has 2 nitrogen and oxygen atoms in total. The average Bonchev–Trinajstić information content (AvgIpc) is 2.83. The van der Waals surface area contributed by atoms with Gasteiger partial charge in [0.15, 0.2) is 13.9 Å². The lowest BCUT2D eigenvalue weighted by Crippen LogP contribution is -2.56. The number of rotatable bonds is 7. The van der Waals surface area contributed by atoms with Crippen LogP contribution in [0.15, 0.2) is 121 Å². The molecular weight excluding hydrogens is 408 g/mol. The second kappa shape index (κ2) is 8.87. The van der Waals surface area contributed by atoms with Gasteiger partial charge in [0.05, 0.1) is 0 Å². The molecular formula is C29H30O2Si. The first-order valence-electron chi connectivity index (χ1n) is 11.0. The smallest absolute Gasteiger partial charge is 0.185 e. The molecule has 0 atom stereocenters. The van der Waals surface area contributed by atoms with E-state index in [1.807, 2.05) is 97.1 Å². The van der Waals surface area contributed by atoms with Gasteiger partial charge in [-0.05, 0) is 41.9 Å². The van der Waals surface area contributed by atoms with Gasteiger partial charge in [-0.1, -0.05) is 121 Å². The summed E-state index contributed by atoms with van der Waals surface area (Å²) in [4.78, 5) is 0. The second-order valence-corrected chi connectivity index (χ2v) is 13.5. The third-order valence-electron chi connectivity index (χ3n) is 5.71. The first-order chi connectivity index (χ1) is 15.4. The maximum Gasteiger partial charge on any atom is 0.185 e. The van der Waals surface area contributed by atoms with Gasteiger partial charge in [0.2, 0.25) is 0 Å². The van der Waals surface area contributed by atoms with Gasteiger partial charge in [0.25, 0.3) is 0 Å². The zero-order valence-corrected chi connectivity index (χ0v) is 19.9. The number of benzene rings is 4. The van der Waals surface area contributed by atoms with E-state index in [4.69, 9.17) is 4.43 Å². The molecule has 0 aliphatic heterocycles. The summed E-state index contributed by atoms with van der Waals surface area (Å²) >= 11 is 0. The second-order valence-electron chi connectivity index (χ2n) is 9.07. The van der Waals surface area contributed by atoms with Crippen molar-refractivity contribution in [3.05, 3.63) is 144 Å². The molecule has 0 fully saturated rings. The minimum absolute atomic E-state index is 0.789. The lowest BCUT2D eigenvalue weighted by Gasteiger charge is -2.51. The van der Waals surface area contributed by atoms with E-state index >= 15 is 0 Å². The van der Waals surface area contributed by atoms with E-state index in [0.29, 0.717) is 0 Å². The normalized spacial score (nSPS) is 12.5. The summed E-state index contributed by atoms with van der Waals surface area (Å²) in [7, 11) is -2.19. The summed E-state index contributed by atoms with van der Waals surface area (Å²) in [6.45, 7) is 6.51. The van der Waals surface area contributed by atoms with E-state index in [9.17, 15) is 5.11 Å². The van der Waals surface area contributed by atoms with Crippen LogP contribution in [0.25, 0.3) is 0 Å². The van der Waals surface area contributed by atoms with Crippen LogP contribution < -0.4 is 0 Å². The van der Waals surface area contributed by atoms with Crippen molar-refractivity contribution in [2.45, 2.75) is 30.8 Å². The zero-order chi connectivity index (χ0) is 22.7. The van der Waals surface area contributed by atoms with E-state index in [2.05, 4.69) is 43.9 Å². The minimum Gasteiger partial charge on any atom is -0.401 e. The zero-order valence-electron chi connectivity index (χ0n) is 18.9. The summed E-state index contributed by atoms with van der Waals surface area (Å²) in [6, 6.07) is 40.1. The first-order valence-corrected chi connectivity index (χ1v) is 14.4. The van der Waals surface area contributed by atoms with Gasteiger partial charge >= 0.3 is 0 Å². The van der Waals surface area contributed by atoms with Gasteiger partial charge < -0.3 is 9.53 Å². The highest BCUT2D eigenvalue weighted by atomic mass is 28.4.